The second-order valence-electron chi connectivity index (χ2n) is 7.39. The molecule has 8 nitrogen and oxygen atoms in total. The fourth-order valence-electron chi connectivity index (χ4n) is 3.28. The topological polar surface area (TPSA) is 89.7 Å². The van der Waals surface area contributed by atoms with E-state index in [2.05, 4.69) is 15.5 Å². The van der Waals surface area contributed by atoms with Crippen LogP contribution in [0.2, 0.25) is 5.02 Å². The van der Waals surface area contributed by atoms with Gasteiger partial charge in [0, 0.05) is 30.0 Å². The van der Waals surface area contributed by atoms with E-state index >= 15 is 0 Å². The molecule has 0 fully saturated rings. The molecule has 1 aromatic heterocycles. The summed E-state index contributed by atoms with van der Waals surface area (Å²) in [7, 11) is 7.04. The lowest BCUT2D eigenvalue weighted by Crippen LogP contribution is -2.34. The number of ether oxygens (including phenoxy) is 2. The molecule has 32 heavy (non-hydrogen) atoms. The second kappa shape index (κ2) is 11.0. The van der Waals surface area contributed by atoms with Crippen LogP contribution in [0.3, 0.4) is 0 Å². The van der Waals surface area contributed by atoms with Gasteiger partial charge in [0.2, 0.25) is 17.6 Å². The summed E-state index contributed by atoms with van der Waals surface area (Å²) in [5.74, 6) is 1.90. The van der Waals surface area contributed by atoms with Crippen molar-refractivity contribution >= 4 is 17.5 Å². The van der Waals surface area contributed by atoms with Crippen molar-refractivity contribution in [2.24, 2.45) is 0 Å². The lowest BCUT2D eigenvalue weighted by molar-refractivity contribution is -0.121. The Kier molecular flexibility index (Phi) is 8.08. The molecule has 0 aliphatic carbocycles. The van der Waals surface area contributed by atoms with E-state index < -0.39 is 0 Å². The third-order valence-corrected chi connectivity index (χ3v) is 5.40. The standard InChI is InChI=1S/C23H27ClN4O4/c1-28(2)18(16-7-5-6-8-17(16)24)14-25-21(29)11-12-22-26-23(27-32-22)15-9-10-19(30-3)20(13-15)31-4/h5-10,13,18H,11-12,14H2,1-4H3,(H,25,29)/t18-/m0/s1. The number of carbonyl (C=O) groups is 1. The molecule has 9 heteroatoms. The van der Waals surface area contributed by atoms with Crippen molar-refractivity contribution in [1.29, 1.82) is 0 Å². The van der Waals surface area contributed by atoms with Crippen LogP contribution in [0.25, 0.3) is 11.4 Å². The summed E-state index contributed by atoms with van der Waals surface area (Å²) in [5.41, 5.74) is 1.70. The number of nitrogens with one attached hydrogen (secondary N) is 1. The maximum absolute atomic E-state index is 12.4. The van der Waals surface area contributed by atoms with Crippen molar-refractivity contribution in [1.82, 2.24) is 20.4 Å². The Hall–Kier alpha value is -3.10. The molecule has 1 amide bonds. The van der Waals surface area contributed by atoms with Gasteiger partial charge in [0.15, 0.2) is 11.5 Å². The van der Waals surface area contributed by atoms with Crippen molar-refractivity contribution in [3.63, 3.8) is 0 Å². The molecule has 2 aromatic carbocycles. The second-order valence-corrected chi connectivity index (χ2v) is 7.79. The maximum Gasteiger partial charge on any atom is 0.227 e. The van der Waals surface area contributed by atoms with Crippen LogP contribution < -0.4 is 14.8 Å². The summed E-state index contributed by atoms with van der Waals surface area (Å²) in [6.07, 6.45) is 0.571. The molecule has 3 rings (SSSR count). The third-order valence-electron chi connectivity index (χ3n) is 5.06. The first-order valence-electron chi connectivity index (χ1n) is 10.2. The van der Waals surface area contributed by atoms with Crippen LogP contribution in [0.15, 0.2) is 47.0 Å². The lowest BCUT2D eigenvalue weighted by Gasteiger charge is -2.26. The molecule has 0 spiro atoms. The number of methoxy groups -OCH3 is 2. The summed E-state index contributed by atoms with van der Waals surface area (Å²) in [5, 5.41) is 7.65. The van der Waals surface area contributed by atoms with Crippen molar-refractivity contribution in [3.8, 4) is 22.9 Å². The molecule has 170 valence electrons. The van der Waals surface area contributed by atoms with E-state index in [0.29, 0.717) is 41.2 Å². The van der Waals surface area contributed by atoms with Gasteiger partial charge in [-0.1, -0.05) is 35.0 Å². The smallest absolute Gasteiger partial charge is 0.227 e. The highest BCUT2D eigenvalue weighted by atomic mass is 35.5. The Morgan fingerprint density at radius 1 is 1.16 bits per heavy atom. The quantitative estimate of drug-likeness (QED) is 0.494. The van der Waals surface area contributed by atoms with Crippen molar-refractivity contribution in [3.05, 3.63) is 58.9 Å². The third kappa shape index (κ3) is 5.77. The largest absolute Gasteiger partial charge is 0.493 e. The van der Waals surface area contributed by atoms with Gasteiger partial charge in [-0.3, -0.25) is 4.79 Å². The van der Waals surface area contributed by atoms with Gasteiger partial charge < -0.3 is 24.2 Å². The Morgan fingerprint density at radius 2 is 1.91 bits per heavy atom. The van der Waals surface area contributed by atoms with E-state index in [9.17, 15) is 4.79 Å². The monoisotopic (exact) mass is 458 g/mol. The van der Waals surface area contributed by atoms with Crippen LogP contribution in [-0.2, 0) is 11.2 Å². The number of amides is 1. The van der Waals surface area contributed by atoms with Gasteiger partial charge in [-0.25, -0.2) is 0 Å². The SMILES string of the molecule is COc1ccc(-c2noc(CCC(=O)NC[C@@H](c3ccccc3Cl)N(C)C)n2)cc1OC. The number of benzene rings is 2. The van der Waals surface area contributed by atoms with E-state index in [1.165, 1.54) is 0 Å². The predicted octanol–water partition coefficient (Wildman–Crippen LogP) is 3.76. The zero-order valence-corrected chi connectivity index (χ0v) is 19.3. The van der Waals surface area contributed by atoms with E-state index in [0.717, 1.165) is 11.1 Å². The highest BCUT2D eigenvalue weighted by Crippen LogP contribution is 2.31. The van der Waals surface area contributed by atoms with E-state index in [-0.39, 0.29) is 18.4 Å². The van der Waals surface area contributed by atoms with Gasteiger partial charge in [-0.2, -0.15) is 4.98 Å². The van der Waals surface area contributed by atoms with Crippen LogP contribution in [0.5, 0.6) is 11.5 Å². The fraction of sp³-hybridized carbons (Fsp3) is 0.348. The number of halogens is 1. The number of carbonyl (C=O) groups excluding carboxylic acids is 1. The first-order valence-corrected chi connectivity index (χ1v) is 10.5. The highest BCUT2D eigenvalue weighted by Gasteiger charge is 2.18. The molecule has 0 radical (unpaired) electrons. The van der Waals surface area contributed by atoms with Gasteiger partial charge in [0.05, 0.1) is 20.3 Å². The van der Waals surface area contributed by atoms with Crippen LogP contribution in [-0.4, -0.2) is 55.8 Å². The molecule has 0 aliphatic heterocycles. The molecule has 1 N–H and O–H groups in total. The van der Waals surface area contributed by atoms with E-state index in [1.54, 1.807) is 26.4 Å². The summed E-state index contributed by atoms with van der Waals surface area (Å²) < 4.78 is 15.9. The number of aryl methyl sites for hydroxylation is 1. The Morgan fingerprint density at radius 3 is 2.59 bits per heavy atom. The van der Waals surface area contributed by atoms with Crippen molar-refractivity contribution in [2.75, 3.05) is 34.9 Å². The molecular formula is C23H27ClN4O4. The fourth-order valence-corrected chi connectivity index (χ4v) is 3.55. The number of hydrogen-bond acceptors (Lipinski definition) is 7. The van der Waals surface area contributed by atoms with Gasteiger partial charge in [-0.05, 0) is 43.9 Å². The number of nitrogens with zero attached hydrogens (tertiary/aromatic N) is 3. The molecule has 0 aliphatic rings. The molecule has 0 bridgehead atoms. The lowest BCUT2D eigenvalue weighted by atomic mass is 10.1. The average Bonchev–Trinajstić information content (AvgIpc) is 3.27. The Bertz CT molecular complexity index is 1050. The average molecular weight is 459 g/mol. The van der Waals surface area contributed by atoms with Crippen LogP contribution in [0, 0.1) is 0 Å². The number of likely N-dealkylation sites (N-methyl/N-ethyl adjacent to an activating group) is 1. The molecule has 0 saturated carbocycles. The molecule has 3 aromatic rings. The molecule has 0 unspecified atom stereocenters. The van der Waals surface area contributed by atoms with Gasteiger partial charge in [0.25, 0.3) is 0 Å². The van der Waals surface area contributed by atoms with Gasteiger partial charge in [-0.15, -0.1) is 0 Å². The van der Waals surface area contributed by atoms with Crippen molar-refractivity contribution < 1.29 is 18.8 Å². The molecule has 1 atom stereocenters. The van der Waals surface area contributed by atoms with Crippen LogP contribution in [0.1, 0.15) is 23.9 Å². The normalized spacial score (nSPS) is 11.9. The van der Waals surface area contributed by atoms with Crippen molar-refractivity contribution in [2.45, 2.75) is 18.9 Å². The minimum absolute atomic E-state index is 0.0345. The summed E-state index contributed by atoms with van der Waals surface area (Å²) in [6, 6.07) is 13.0. The van der Waals surface area contributed by atoms with Gasteiger partial charge in [0.1, 0.15) is 0 Å². The summed E-state index contributed by atoms with van der Waals surface area (Å²) in [6.45, 7) is 0.441. The number of hydrogen-bond donors (Lipinski definition) is 1. The maximum atomic E-state index is 12.4. The van der Waals surface area contributed by atoms with Crippen LogP contribution in [0.4, 0.5) is 0 Å². The first-order chi connectivity index (χ1) is 15.4. The predicted molar refractivity (Wildman–Crippen MR) is 122 cm³/mol. The Balaban J connectivity index is 1.57. The van der Waals surface area contributed by atoms with Gasteiger partial charge >= 0.3 is 0 Å². The van der Waals surface area contributed by atoms with Crippen LogP contribution >= 0.6 is 11.6 Å². The number of rotatable bonds is 10. The minimum Gasteiger partial charge on any atom is -0.493 e. The highest BCUT2D eigenvalue weighted by molar-refractivity contribution is 6.31. The minimum atomic E-state index is -0.102. The Labute approximate surface area is 192 Å². The molecule has 1 heterocycles. The summed E-state index contributed by atoms with van der Waals surface area (Å²) in [4.78, 5) is 18.8. The van der Waals surface area contributed by atoms with E-state index in [4.69, 9.17) is 25.6 Å². The zero-order chi connectivity index (χ0) is 23.1. The van der Waals surface area contributed by atoms with E-state index in [1.807, 2.05) is 49.3 Å². The number of aromatic nitrogens is 2. The molecular weight excluding hydrogens is 432 g/mol. The summed E-state index contributed by atoms with van der Waals surface area (Å²) >= 11 is 6.33. The first kappa shape index (κ1) is 23.6. The molecule has 0 saturated heterocycles. The zero-order valence-electron chi connectivity index (χ0n) is 18.6.